The lowest BCUT2D eigenvalue weighted by Gasteiger charge is -2.07. The summed E-state index contributed by atoms with van der Waals surface area (Å²) in [4.78, 5) is 0. The lowest BCUT2D eigenvalue weighted by Crippen LogP contribution is -2.15. The van der Waals surface area contributed by atoms with Crippen molar-refractivity contribution in [2.45, 2.75) is 19.4 Å². The van der Waals surface area contributed by atoms with Crippen molar-refractivity contribution in [3.63, 3.8) is 0 Å². The number of nitrogens with two attached hydrogens (primary N) is 1. The monoisotopic (exact) mass is 223 g/mol. The molecule has 2 heterocycles. The summed E-state index contributed by atoms with van der Waals surface area (Å²) in [5.41, 5.74) is 8.99. The Hall–Kier alpha value is -1.27. The molecule has 2 N–H and O–H groups in total. The van der Waals surface area contributed by atoms with Crippen LogP contribution in [-0.2, 0) is 13.5 Å². The zero-order valence-electron chi connectivity index (χ0n) is 8.71. The van der Waals surface area contributed by atoms with Gasteiger partial charge in [-0.25, -0.2) is 0 Å². The van der Waals surface area contributed by atoms with E-state index in [0.717, 1.165) is 23.5 Å². The summed E-state index contributed by atoms with van der Waals surface area (Å²) in [6.45, 7) is 1.97. The van der Waals surface area contributed by atoms with Crippen molar-refractivity contribution < 1.29 is 0 Å². The minimum atomic E-state index is -0.0986. The molecule has 80 valence electrons. The van der Waals surface area contributed by atoms with Gasteiger partial charge in [-0.1, -0.05) is 0 Å². The minimum Gasteiger partial charge on any atom is -0.322 e. The molecule has 0 spiro atoms. The molecule has 0 aromatic carbocycles. The van der Waals surface area contributed by atoms with Crippen LogP contribution in [0.5, 0.6) is 0 Å². The highest BCUT2D eigenvalue weighted by atomic mass is 32.1. The number of aromatic nitrogens is 4. The second kappa shape index (κ2) is 4.08. The van der Waals surface area contributed by atoms with Crippen molar-refractivity contribution in [1.29, 1.82) is 0 Å². The first-order valence-electron chi connectivity index (χ1n) is 4.69. The molecule has 0 saturated carbocycles. The summed E-state index contributed by atoms with van der Waals surface area (Å²) in [7, 11) is 1.92. The van der Waals surface area contributed by atoms with Crippen LogP contribution in [0, 0.1) is 6.92 Å². The second-order valence-corrected chi connectivity index (χ2v) is 4.10. The molecule has 0 bridgehead atoms. The molecular formula is C9H13N5S. The highest BCUT2D eigenvalue weighted by Gasteiger charge is 2.12. The maximum Gasteiger partial charge on any atom is 0.0914 e. The molecule has 0 aliphatic heterocycles. The summed E-state index contributed by atoms with van der Waals surface area (Å²) >= 11 is 1.19. The van der Waals surface area contributed by atoms with Crippen molar-refractivity contribution in [2.24, 2.45) is 12.8 Å². The van der Waals surface area contributed by atoms with Gasteiger partial charge in [-0.05, 0) is 13.0 Å². The summed E-state index contributed by atoms with van der Waals surface area (Å²) < 4.78 is 9.92. The van der Waals surface area contributed by atoms with E-state index >= 15 is 0 Å². The third-order valence-corrected chi connectivity index (χ3v) is 2.78. The Bertz CT molecular complexity index is 433. The van der Waals surface area contributed by atoms with Gasteiger partial charge in [0, 0.05) is 19.2 Å². The fraction of sp³-hybridized carbons (Fsp3) is 0.444. The summed E-state index contributed by atoms with van der Waals surface area (Å²) in [6.07, 6.45) is 2.46. The first-order chi connectivity index (χ1) is 7.16. The first-order valence-corrected chi connectivity index (χ1v) is 5.42. The van der Waals surface area contributed by atoms with E-state index in [-0.39, 0.29) is 6.04 Å². The normalized spacial score (nSPS) is 13.0. The predicted octanol–water partition coefficient (Wildman–Crippen LogP) is 0.823. The van der Waals surface area contributed by atoms with Crippen LogP contribution in [0.3, 0.4) is 0 Å². The van der Waals surface area contributed by atoms with E-state index in [1.807, 2.05) is 24.7 Å². The Kier molecular flexibility index (Phi) is 2.79. The quantitative estimate of drug-likeness (QED) is 0.836. The zero-order valence-corrected chi connectivity index (χ0v) is 9.53. The fourth-order valence-corrected chi connectivity index (χ4v) is 2.00. The highest BCUT2D eigenvalue weighted by Crippen LogP contribution is 2.14. The van der Waals surface area contributed by atoms with Gasteiger partial charge in [0.2, 0.25) is 0 Å². The molecule has 1 unspecified atom stereocenters. The molecule has 0 fully saturated rings. The minimum absolute atomic E-state index is 0.0986. The third-order valence-electron chi connectivity index (χ3n) is 2.29. The molecule has 0 radical (unpaired) electrons. The van der Waals surface area contributed by atoms with Gasteiger partial charge in [0.15, 0.2) is 0 Å². The standard InChI is InChI=1S/C9H13N5S/c1-6-3-7(14(2)12-6)4-8(10)9-5-11-15-13-9/h3,5,8H,4,10H2,1-2H3. The van der Waals surface area contributed by atoms with Crippen molar-refractivity contribution in [1.82, 2.24) is 18.5 Å². The topological polar surface area (TPSA) is 69.6 Å². The van der Waals surface area contributed by atoms with Gasteiger partial charge in [-0.15, -0.1) is 0 Å². The number of nitrogens with zero attached hydrogens (tertiary/aromatic N) is 4. The van der Waals surface area contributed by atoms with Crippen LogP contribution < -0.4 is 5.73 Å². The van der Waals surface area contributed by atoms with Crippen molar-refractivity contribution >= 4 is 11.7 Å². The molecule has 2 aromatic rings. The van der Waals surface area contributed by atoms with Crippen molar-refractivity contribution in [2.75, 3.05) is 0 Å². The molecule has 0 amide bonds. The van der Waals surface area contributed by atoms with E-state index in [4.69, 9.17) is 5.73 Å². The first kappa shape index (κ1) is 10.3. The molecule has 0 saturated heterocycles. The van der Waals surface area contributed by atoms with E-state index in [9.17, 15) is 0 Å². The predicted molar refractivity (Wildman–Crippen MR) is 58.5 cm³/mol. The Morgan fingerprint density at radius 3 is 2.93 bits per heavy atom. The van der Waals surface area contributed by atoms with Gasteiger partial charge in [-0.3, -0.25) is 4.68 Å². The van der Waals surface area contributed by atoms with Crippen LogP contribution in [0.1, 0.15) is 23.1 Å². The summed E-state index contributed by atoms with van der Waals surface area (Å²) in [5, 5.41) is 4.27. The fourth-order valence-electron chi connectivity index (χ4n) is 1.52. The number of hydrogen-bond donors (Lipinski definition) is 1. The Balaban J connectivity index is 2.12. The Morgan fingerprint density at radius 2 is 2.40 bits per heavy atom. The third kappa shape index (κ3) is 2.21. The van der Waals surface area contributed by atoms with E-state index < -0.39 is 0 Å². The second-order valence-electron chi connectivity index (χ2n) is 3.54. The summed E-state index contributed by atoms with van der Waals surface area (Å²) in [5.74, 6) is 0. The number of aryl methyl sites for hydroxylation is 2. The van der Waals surface area contributed by atoms with Crippen LogP contribution in [0.15, 0.2) is 12.3 Å². The van der Waals surface area contributed by atoms with Crippen LogP contribution >= 0.6 is 11.7 Å². The van der Waals surface area contributed by atoms with Gasteiger partial charge < -0.3 is 5.73 Å². The Labute approximate surface area is 92.3 Å². The van der Waals surface area contributed by atoms with E-state index in [1.54, 1.807) is 6.20 Å². The SMILES string of the molecule is Cc1cc(CC(N)c2cnsn2)n(C)n1. The molecule has 0 aliphatic rings. The smallest absolute Gasteiger partial charge is 0.0914 e. The summed E-state index contributed by atoms with van der Waals surface area (Å²) in [6, 6.07) is 1.94. The molecular weight excluding hydrogens is 210 g/mol. The van der Waals surface area contributed by atoms with E-state index in [0.29, 0.717) is 0 Å². The van der Waals surface area contributed by atoms with Crippen LogP contribution in [0.25, 0.3) is 0 Å². The molecule has 2 aromatic heterocycles. The average molecular weight is 223 g/mol. The number of rotatable bonds is 3. The number of hydrogen-bond acceptors (Lipinski definition) is 5. The largest absolute Gasteiger partial charge is 0.322 e. The lowest BCUT2D eigenvalue weighted by molar-refractivity contribution is 0.632. The van der Waals surface area contributed by atoms with Gasteiger partial charge in [0.25, 0.3) is 0 Å². The van der Waals surface area contributed by atoms with Crippen LogP contribution in [-0.4, -0.2) is 18.5 Å². The van der Waals surface area contributed by atoms with Gasteiger partial charge in [0.1, 0.15) is 0 Å². The molecule has 5 nitrogen and oxygen atoms in total. The molecule has 15 heavy (non-hydrogen) atoms. The highest BCUT2D eigenvalue weighted by molar-refractivity contribution is 6.99. The average Bonchev–Trinajstić information content (AvgIpc) is 2.76. The molecule has 0 aliphatic carbocycles. The van der Waals surface area contributed by atoms with Gasteiger partial charge in [0.05, 0.1) is 35.4 Å². The zero-order chi connectivity index (χ0) is 10.8. The molecule has 1 atom stereocenters. The molecule has 6 heteroatoms. The van der Waals surface area contributed by atoms with Crippen molar-refractivity contribution in [3.05, 3.63) is 29.3 Å². The maximum absolute atomic E-state index is 6.01. The van der Waals surface area contributed by atoms with Crippen LogP contribution in [0.4, 0.5) is 0 Å². The lowest BCUT2D eigenvalue weighted by atomic mass is 10.1. The van der Waals surface area contributed by atoms with Crippen molar-refractivity contribution in [3.8, 4) is 0 Å². The van der Waals surface area contributed by atoms with E-state index in [1.165, 1.54) is 11.7 Å². The van der Waals surface area contributed by atoms with Gasteiger partial charge in [-0.2, -0.15) is 13.8 Å². The molecule has 2 rings (SSSR count). The van der Waals surface area contributed by atoms with Crippen LogP contribution in [0.2, 0.25) is 0 Å². The maximum atomic E-state index is 6.01. The Morgan fingerprint density at radius 1 is 1.60 bits per heavy atom. The van der Waals surface area contributed by atoms with E-state index in [2.05, 4.69) is 13.8 Å². The van der Waals surface area contributed by atoms with Gasteiger partial charge >= 0.3 is 0 Å².